The lowest BCUT2D eigenvalue weighted by Gasteiger charge is -2.13. The number of benzene rings is 3. The molecule has 4 nitrogen and oxygen atoms in total. The second-order valence-corrected chi connectivity index (χ2v) is 8.85. The van der Waals surface area contributed by atoms with Gasteiger partial charge in [-0.15, -0.1) is 11.3 Å². The van der Waals surface area contributed by atoms with Gasteiger partial charge in [-0.1, -0.05) is 53.0 Å². The minimum Gasteiger partial charge on any atom is -0.332 e. The van der Waals surface area contributed by atoms with Crippen LogP contribution in [0.5, 0.6) is 0 Å². The molecule has 1 amide bonds. The number of nitrogens with one attached hydrogen (secondary N) is 2. The molecule has 0 saturated heterocycles. The minimum atomic E-state index is -0.462. The van der Waals surface area contributed by atoms with Crippen LogP contribution >= 0.6 is 58.4 Å². The first-order chi connectivity index (χ1) is 14.4. The molecule has 4 rings (SSSR count). The molecule has 150 valence electrons. The summed E-state index contributed by atoms with van der Waals surface area (Å²) in [5.41, 5.74) is 2.58. The van der Waals surface area contributed by atoms with Crippen molar-refractivity contribution in [3.05, 3.63) is 81.3 Å². The molecule has 30 heavy (non-hydrogen) atoms. The second kappa shape index (κ2) is 8.88. The van der Waals surface area contributed by atoms with Crippen molar-refractivity contribution in [2.24, 2.45) is 0 Å². The number of thiocarbonyl (C=S) groups is 1. The van der Waals surface area contributed by atoms with Gasteiger partial charge in [-0.3, -0.25) is 10.1 Å². The highest BCUT2D eigenvalue weighted by atomic mass is 35.5. The van der Waals surface area contributed by atoms with Gasteiger partial charge in [-0.25, -0.2) is 4.98 Å². The van der Waals surface area contributed by atoms with E-state index in [9.17, 15) is 4.79 Å². The molecule has 2 N–H and O–H groups in total. The molecule has 0 aliphatic carbocycles. The van der Waals surface area contributed by atoms with Crippen molar-refractivity contribution in [2.45, 2.75) is 0 Å². The summed E-state index contributed by atoms with van der Waals surface area (Å²) in [5, 5.41) is 7.59. The molecule has 0 spiro atoms. The van der Waals surface area contributed by atoms with Crippen molar-refractivity contribution in [1.29, 1.82) is 0 Å². The molecule has 9 heteroatoms. The third-order valence-electron chi connectivity index (χ3n) is 4.18. The van der Waals surface area contributed by atoms with Gasteiger partial charge in [-0.05, 0) is 54.7 Å². The summed E-state index contributed by atoms with van der Waals surface area (Å²) in [7, 11) is 0. The van der Waals surface area contributed by atoms with Gasteiger partial charge in [0.25, 0.3) is 5.91 Å². The Morgan fingerprint density at radius 2 is 1.80 bits per heavy atom. The molecular weight excluding hydrogens is 481 g/mol. The summed E-state index contributed by atoms with van der Waals surface area (Å²) in [6.07, 6.45) is 0. The molecule has 0 saturated carbocycles. The largest absolute Gasteiger partial charge is 0.332 e. The maximum atomic E-state index is 12.5. The van der Waals surface area contributed by atoms with Crippen molar-refractivity contribution in [2.75, 3.05) is 5.32 Å². The lowest BCUT2D eigenvalue weighted by atomic mass is 10.2. The Balaban J connectivity index is 1.59. The van der Waals surface area contributed by atoms with Crippen molar-refractivity contribution >= 4 is 85.3 Å². The van der Waals surface area contributed by atoms with Crippen molar-refractivity contribution < 1.29 is 4.79 Å². The Morgan fingerprint density at radius 1 is 1.00 bits per heavy atom. The van der Waals surface area contributed by atoms with Crippen LogP contribution in [-0.4, -0.2) is 16.0 Å². The number of thiazole rings is 1. The Hall–Kier alpha value is -2.22. The van der Waals surface area contributed by atoms with Gasteiger partial charge >= 0.3 is 0 Å². The van der Waals surface area contributed by atoms with Crippen LogP contribution in [0.15, 0.2) is 60.7 Å². The summed E-state index contributed by atoms with van der Waals surface area (Å²) >= 11 is 25.2. The molecule has 0 fully saturated rings. The average molecular weight is 493 g/mol. The zero-order valence-electron chi connectivity index (χ0n) is 15.1. The first kappa shape index (κ1) is 21.0. The Labute approximate surface area is 196 Å². The van der Waals surface area contributed by atoms with Gasteiger partial charge < -0.3 is 5.32 Å². The molecule has 0 aliphatic heterocycles. The molecular formula is C21H12Cl3N3OS2. The highest BCUT2D eigenvalue weighted by Crippen LogP contribution is 2.36. The number of amides is 1. The van der Waals surface area contributed by atoms with Crippen molar-refractivity contribution in [3.63, 3.8) is 0 Å². The Kier molecular flexibility index (Phi) is 6.22. The van der Waals surface area contributed by atoms with Crippen molar-refractivity contribution in [3.8, 4) is 10.6 Å². The van der Waals surface area contributed by atoms with E-state index in [0.29, 0.717) is 15.7 Å². The van der Waals surface area contributed by atoms with E-state index in [2.05, 4.69) is 15.6 Å². The van der Waals surface area contributed by atoms with Gasteiger partial charge in [-0.2, -0.15) is 0 Å². The monoisotopic (exact) mass is 491 g/mol. The molecule has 4 aromatic rings. The zero-order valence-corrected chi connectivity index (χ0v) is 19.0. The van der Waals surface area contributed by atoms with Gasteiger partial charge in [0.2, 0.25) is 0 Å². The lowest BCUT2D eigenvalue weighted by Crippen LogP contribution is -2.34. The fourth-order valence-electron chi connectivity index (χ4n) is 2.79. The fourth-order valence-corrected chi connectivity index (χ4v) is 4.55. The molecule has 0 radical (unpaired) electrons. The second-order valence-electron chi connectivity index (χ2n) is 6.19. The molecule has 0 unspecified atom stereocenters. The SMILES string of the molecule is O=C(NC(=S)Nc1ccc(Cl)cc1-c1nc2ccccc2s1)c1cccc(Cl)c1Cl. The average Bonchev–Trinajstić information content (AvgIpc) is 3.15. The van der Waals surface area contributed by atoms with E-state index in [1.807, 2.05) is 24.3 Å². The van der Waals surface area contributed by atoms with E-state index >= 15 is 0 Å². The lowest BCUT2D eigenvalue weighted by molar-refractivity contribution is 0.0978. The number of hydrogen-bond donors (Lipinski definition) is 2. The van der Waals surface area contributed by atoms with Crippen LogP contribution in [0.2, 0.25) is 15.1 Å². The molecule has 1 aromatic heterocycles. The summed E-state index contributed by atoms with van der Waals surface area (Å²) in [6.45, 7) is 0. The predicted molar refractivity (Wildman–Crippen MR) is 130 cm³/mol. The molecule has 1 heterocycles. The minimum absolute atomic E-state index is 0.112. The number of fused-ring (bicyclic) bond motifs is 1. The number of carbonyl (C=O) groups is 1. The van der Waals surface area contributed by atoms with Crippen LogP contribution < -0.4 is 10.6 Å². The topological polar surface area (TPSA) is 54.0 Å². The maximum Gasteiger partial charge on any atom is 0.258 e. The van der Waals surface area contributed by atoms with Gasteiger partial charge in [0.05, 0.1) is 31.5 Å². The van der Waals surface area contributed by atoms with E-state index < -0.39 is 5.91 Å². The normalized spacial score (nSPS) is 10.8. The molecule has 0 aliphatic rings. The fraction of sp³-hybridized carbons (Fsp3) is 0. The standard InChI is InChI=1S/C21H12Cl3N3OS2/c22-11-8-9-15(13(10-11)20-25-16-6-1-2-7-17(16)30-20)26-21(29)27-19(28)12-4-3-5-14(23)18(12)24/h1-10H,(H2,26,27,28,29). The van der Waals surface area contributed by atoms with Gasteiger partial charge in [0, 0.05) is 10.6 Å². The number of rotatable bonds is 3. The third-order valence-corrected chi connectivity index (χ3v) is 6.51. The number of aromatic nitrogens is 1. The highest BCUT2D eigenvalue weighted by molar-refractivity contribution is 7.80. The number of anilines is 1. The van der Waals surface area contributed by atoms with Crippen LogP contribution in [0.25, 0.3) is 20.8 Å². The molecule has 3 aromatic carbocycles. The molecule has 0 atom stereocenters. The third kappa shape index (κ3) is 4.43. The van der Waals surface area contributed by atoms with E-state index in [0.717, 1.165) is 20.8 Å². The Morgan fingerprint density at radius 3 is 2.60 bits per heavy atom. The van der Waals surface area contributed by atoms with Gasteiger partial charge in [0.15, 0.2) is 5.11 Å². The highest BCUT2D eigenvalue weighted by Gasteiger charge is 2.16. The number of para-hydroxylation sites is 1. The first-order valence-corrected chi connectivity index (χ1v) is 11.0. The summed E-state index contributed by atoms with van der Waals surface area (Å²) < 4.78 is 1.06. The molecule has 0 bridgehead atoms. The number of nitrogens with zero attached hydrogens (tertiary/aromatic N) is 1. The van der Waals surface area contributed by atoms with Crippen LogP contribution in [0.4, 0.5) is 5.69 Å². The van der Waals surface area contributed by atoms with Crippen LogP contribution in [0.3, 0.4) is 0 Å². The van der Waals surface area contributed by atoms with E-state index in [-0.39, 0.29) is 15.7 Å². The van der Waals surface area contributed by atoms with E-state index in [1.165, 1.54) is 0 Å². The van der Waals surface area contributed by atoms with Crippen LogP contribution in [0.1, 0.15) is 10.4 Å². The summed E-state index contributed by atoms with van der Waals surface area (Å²) in [6, 6.07) is 18.0. The summed E-state index contributed by atoms with van der Waals surface area (Å²) in [4.78, 5) is 17.2. The number of hydrogen-bond acceptors (Lipinski definition) is 4. The van der Waals surface area contributed by atoms with Crippen molar-refractivity contribution in [1.82, 2.24) is 10.3 Å². The van der Waals surface area contributed by atoms with Crippen LogP contribution in [-0.2, 0) is 0 Å². The van der Waals surface area contributed by atoms with E-state index in [4.69, 9.17) is 47.0 Å². The quantitative estimate of drug-likeness (QED) is 0.301. The maximum absolute atomic E-state index is 12.5. The predicted octanol–water partition coefficient (Wildman–Crippen LogP) is 7.05. The Bertz CT molecular complexity index is 1260. The van der Waals surface area contributed by atoms with Crippen LogP contribution in [0, 0.1) is 0 Å². The number of carbonyl (C=O) groups excluding carboxylic acids is 1. The van der Waals surface area contributed by atoms with E-state index in [1.54, 1.807) is 47.7 Å². The smallest absolute Gasteiger partial charge is 0.258 e. The van der Waals surface area contributed by atoms with Gasteiger partial charge in [0.1, 0.15) is 5.01 Å². The number of halogens is 3. The zero-order chi connectivity index (χ0) is 21.3. The summed E-state index contributed by atoms with van der Waals surface area (Å²) in [5.74, 6) is -0.462. The first-order valence-electron chi connectivity index (χ1n) is 8.64.